The summed E-state index contributed by atoms with van der Waals surface area (Å²) < 4.78 is 136. The number of ketones is 3. The summed E-state index contributed by atoms with van der Waals surface area (Å²) in [6.45, 7) is 2.27. The number of Topliss-reactive ketones (excluding diaryl/α,β-unsaturated/α-hetero) is 3. The fraction of sp³-hybridized carbons (Fsp3) is 0.629. The highest BCUT2D eigenvalue weighted by atomic mass is 32.2. The highest BCUT2D eigenvalue weighted by Crippen LogP contribution is 2.60. The summed E-state index contributed by atoms with van der Waals surface area (Å²) in [6, 6.07) is 6.11. The van der Waals surface area contributed by atoms with Crippen molar-refractivity contribution in [3.8, 4) is 23.0 Å². The molecule has 0 aromatic heterocycles. The number of hydrogen-bond donors (Lipinski definition) is 3. The van der Waals surface area contributed by atoms with Gasteiger partial charge in [-0.05, 0) is 185 Å². The number of nitrogens with zero attached hydrogens (tertiary/aromatic N) is 8. The summed E-state index contributed by atoms with van der Waals surface area (Å²) in [7, 11) is -10.9. The molecule has 0 unspecified atom stereocenters. The fourth-order valence-electron chi connectivity index (χ4n) is 23.2. The van der Waals surface area contributed by atoms with Crippen LogP contribution in [-0.4, -0.2) is 280 Å². The number of ether oxygens (including phenoxy) is 7. The normalized spacial score (nSPS) is 33.1. The number of carboxylic acids is 3. The van der Waals surface area contributed by atoms with Gasteiger partial charge in [-0.1, -0.05) is 87.1 Å². The summed E-state index contributed by atoms with van der Waals surface area (Å²) in [6.07, 6.45) is 20.0. The van der Waals surface area contributed by atoms with E-state index in [1.54, 1.807) is 12.1 Å². The Labute approximate surface area is 794 Å². The van der Waals surface area contributed by atoms with Gasteiger partial charge in [0.05, 0.1) is 83.7 Å². The van der Waals surface area contributed by atoms with E-state index in [1.165, 1.54) is 43.5 Å². The molecule has 36 nitrogen and oxygen atoms in total. The minimum Gasteiger partial charge on any atom is -0.486 e. The average Bonchev–Trinajstić information content (AvgIpc) is 1.58. The lowest BCUT2D eigenvalue weighted by Gasteiger charge is -2.32. The number of allylic oxidation sites excluding steroid dienone is 6. The Kier molecular flexibility index (Phi) is 27.8. The lowest BCUT2D eigenvalue weighted by Crippen LogP contribution is -2.52. The summed E-state index contributed by atoms with van der Waals surface area (Å²) >= 11 is 0. The number of rotatable bonds is 10. The Balaban J connectivity index is 0.000000137. The third kappa shape index (κ3) is 20.0. The van der Waals surface area contributed by atoms with Crippen molar-refractivity contribution < 1.29 is 136 Å². The van der Waals surface area contributed by atoms with Crippen LogP contribution in [0, 0.1) is 45.7 Å². The minimum absolute atomic E-state index is 0.0166. The van der Waals surface area contributed by atoms with Crippen LogP contribution in [0.3, 0.4) is 0 Å². The number of esters is 1. The first-order valence-electron chi connectivity index (χ1n) is 48.5. The zero-order valence-corrected chi connectivity index (χ0v) is 79.0. The van der Waals surface area contributed by atoms with Gasteiger partial charge in [0.1, 0.15) is 55.5 Å². The van der Waals surface area contributed by atoms with E-state index in [4.69, 9.17) is 33.2 Å². The molecule has 0 bridgehead atoms. The van der Waals surface area contributed by atoms with Gasteiger partial charge in [-0.3, -0.25) is 57.7 Å². The van der Waals surface area contributed by atoms with Gasteiger partial charge in [-0.15, -0.1) is 0 Å². The van der Waals surface area contributed by atoms with Gasteiger partial charge >= 0.3 is 36.1 Å². The second-order valence-corrected chi connectivity index (χ2v) is 46.2. The molecule has 17 aliphatic rings. The summed E-state index contributed by atoms with van der Waals surface area (Å²) in [5.41, 5.74) is 1.18. The number of fused-ring (bicyclic) bond motifs is 11. The van der Waals surface area contributed by atoms with E-state index in [0.29, 0.717) is 150 Å². The molecule has 13 aliphatic heterocycles. The third-order valence-electron chi connectivity index (χ3n) is 31.2. The molecule has 9 fully saturated rings. The molecule has 740 valence electrons. The van der Waals surface area contributed by atoms with E-state index in [-0.39, 0.29) is 133 Å². The molecule has 15 atom stereocenters. The van der Waals surface area contributed by atoms with Crippen LogP contribution in [0.4, 0.5) is 14.0 Å². The van der Waals surface area contributed by atoms with Crippen LogP contribution >= 0.6 is 0 Å². The SMILES string of the molecule is O=C(O[C@@H]1C[C@H]2C(=O)C[C@]3(C(=O)O)C[C@H]3/C=C\CCCCC[C@H](N3CCCS3(=O)=O)C(=O)N2C1)C1Cc2cc3c(cc2C1)OCO3.O=C1C[C@]2(C(=O)O)C[C@H]2/C=C\CCCCC[C@H](N2CCCS2(=O)=O)C(=O)N2C[C@H](OC(=O)N3Cc4cc5c(cc4C3)OCCO5)C[C@@H]12.O=C1C[C@]2(C(=O)O)C[C@H]2/C=C\CCCCC[C@H](N2CCCS2(=O)=O)C(=O)N2C[C@H](OC(=O)N3Cc4cccc(F)c4C3)C[C@@H]12. The molecule has 13 heterocycles. The van der Waals surface area contributed by atoms with Crippen LogP contribution in [0.15, 0.2) is 78.9 Å². The number of carboxylic acid groups (broad SMARTS) is 3. The van der Waals surface area contributed by atoms with Gasteiger partial charge in [0.2, 0.25) is 54.6 Å². The Hall–Kier alpha value is -10.4. The Morgan fingerprint density at radius 3 is 1.12 bits per heavy atom. The first-order chi connectivity index (χ1) is 65.6. The van der Waals surface area contributed by atoms with Gasteiger partial charge in [0.15, 0.2) is 40.3 Å². The molecular formula is C97H119FN8O28S3. The van der Waals surface area contributed by atoms with Crippen molar-refractivity contribution in [3.63, 3.8) is 0 Å². The number of amides is 5. The lowest BCUT2D eigenvalue weighted by atomic mass is 9.92. The highest BCUT2D eigenvalue weighted by Gasteiger charge is 2.65. The fourth-order valence-corrected chi connectivity index (χ4v) is 28.4. The Morgan fingerprint density at radius 2 is 0.759 bits per heavy atom. The number of halogens is 1. The number of aliphatic carboxylic acids is 3. The van der Waals surface area contributed by atoms with Crippen LogP contribution < -0.4 is 18.9 Å². The summed E-state index contributed by atoms with van der Waals surface area (Å²) in [5, 5.41) is 30.4. The predicted octanol–water partition coefficient (Wildman–Crippen LogP) is 8.69. The molecule has 0 spiro atoms. The Bertz CT molecular complexity index is 5730. The number of carbonyl (C=O) groups excluding carboxylic acids is 9. The van der Waals surface area contributed by atoms with Crippen molar-refractivity contribution >= 4 is 101 Å². The third-order valence-corrected chi connectivity index (χ3v) is 37.0. The van der Waals surface area contributed by atoms with Crippen molar-refractivity contribution in [3.05, 3.63) is 118 Å². The highest BCUT2D eigenvalue weighted by molar-refractivity contribution is 7.89. The minimum atomic E-state index is -3.65. The first kappa shape index (κ1) is 96.8. The Morgan fingerprint density at radius 1 is 0.409 bits per heavy atom. The van der Waals surface area contributed by atoms with E-state index in [9.17, 15) is 102 Å². The van der Waals surface area contributed by atoms with Crippen molar-refractivity contribution in [2.45, 2.75) is 267 Å². The zero-order valence-electron chi connectivity index (χ0n) is 76.6. The number of hydrogen-bond acceptors (Lipinski definition) is 25. The number of benzene rings is 3. The van der Waals surface area contributed by atoms with E-state index >= 15 is 0 Å². The monoisotopic (exact) mass is 1960 g/mol. The van der Waals surface area contributed by atoms with Crippen LogP contribution in [0.1, 0.15) is 207 Å². The van der Waals surface area contributed by atoms with E-state index in [2.05, 4.69) is 0 Å². The van der Waals surface area contributed by atoms with Crippen LogP contribution in [0.25, 0.3) is 0 Å². The van der Waals surface area contributed by atoms with Gasteiger partial charge < -0.3 is 63.2 Å². The van der Waals surface area contributed by atoms with Crippen molar-refractivity contribution in [2.75, 3.05) is 76.5 Å². The van der Waals surface area contributed by atoms with Gasteiger partial charge in [0, 0.05) is 83.4 Å². The predicted molar refractivity (Wildman–Crippen MR) is 483 cm³/mol. The molecule has 3 saturated carbocycles. The molecule has 3 aromatic rings. The van der Waals surface area contributed by atoms with Gasteiger partial charge in [0.25, 0.3) is 0 Å². The molecule has 3 N–H and O–H groups in total. The van der Waals surface area contributed by atoms with Crippen molar-refractivity contribution in [1.29, 1.82) is 0 Å². The van der Waals surface area contributed by atoms with Crippen LogP contribution in [0.5, 0.6) is 23.0 Å². The molecule has 20 rings (SSSR count). The lowest BCUT2D eigenvalue weighted by molar-refractivity contribution is -0.154. The maximum atomic E-state index is 14.3. The molecule has 40 heteroatoms. The van der Waals surface area contributed by atoms with Crippen molar-refractivity contribution in [2.24, 2.45) is 39.9 Å². The standard InChI is InChI=1S/C33H41N3O10S.C33H40N2O10S.C31H38FN3O8S/c37-27-17-33(31(39)40)16-23(33)7-4-2-1-3-5-8-25(36-9-6-12-47(36,42)43)30(38)35-20-24(15-26(27)35)46-32(41)34-18-21-13-28-29(14-22(21)19-34)45-11-10-44-28;36-27-17-33(32(39)40)16-23(33)7-4-2-1-3-5-8-25(35-9-6-10-46(35,41)42)30(37)34-18-24(15-26(27)34)45-31(38)22-11-20-13-28-29(44-19-43-28)14-21(20)12-22;32-24-10-6-8-20-17-33(19-23(20)24)30(40)43-22-14-26-27(36)16-31(29(38)39)15-21(31)9-4-2-1-3-5-11-25(28(37)34(26)18-22)35-12-7-13-44(35,41)42/h4,7,13-14,23-26H,1-3,5-6,8-12,15-20H2,(H,39,40);4,7,13-14,22-26H,1-3,5-6,8-12,15-19H2,(H,39,40);4,6,8-10,21-22,25-26H,1-3,5,7,11-19H2,(H,38,39)/b2*7-4-;9-4-/t2*23-,24-,25+,26+,33-;21-,22-,25+,26+,31-/m111/s1. The zero-order chi connectivity index (χ0) is 96.4. The molecule has 6 saturated heterocycles. The molecule has 5 amide bonds. The smallest absolute Gasteiger partial charge is 0.410 e. The first-order valence-corrected chi connectivity index (χ1v) is 53.3. The molecule has 137 heavy (non-hydrogen) atoms. The average molecular weight is 1960 g/mol. The number of carbonyl (C=O) groups is 12. The van der Waals surface area contributed by atoms with E-state index < -0.39 is 184 Å². The summed E-state index contributed by atoms with van der Waals surface area (Å²) in [4.78, 5) is 169. The van der Waals surface area contributed by atoms with Crippen LogP contribution in [0.2, 0.25) is 0 Å². The van der Waals surface area contributed by atoms with E-state index in [0.717, 1.165) is 80.0 Å². The molecule has 4 aliphatic carbocycles. The number of sulfonamides is 3. The molecular weight excluding hydrogens is 1840 g/mol. The summed E-state index contributed by atoms with van der Waals surface area (Å²) in [5.74, 6) is -5.56. The largest absolute Gasteiger partial charge is 0.486 e. The quantitative estimate of drug-likeness (QED) is 0.0970. The van der Waals surface area contributed by atoms with Crippen molar-refractivity contribution in [1.82, 2.24) is 37.4 Å². The second-order valence-electron chi connectivity index (χ2n) is 40.1. The van der Waals surface area contributed by atoms with Crippen LogP contribution in [-0.2, 0) is 131 Å². The maximum Gasteiger partial charge on any atom is 0.410 e. The molecule has 3 aromatic carbocycles. The van der Waals surface area contributed by atoms with Gasteiger partial charge in [-0.2, -0.15) is 12.9 Å². The second kappa shape index (κ2) is 39.3. The van der Waals surface area contributed by atoms with Gasteiger partial charge in [-0.25, -0.2) is 39.2 Å². The topological polar surface area (TPSA) is 458 Å². The maximum absolute atomic E-state index is 14.3. The molecule has 0 radical (unpaired) electrons. The van der Waals surface area contributed by atoms with E-state index in [1.807, 2.05) is 60.7 Å².